The van der Waals surface area contributed by atoms with Crippen LogP contribution in [0.25, 0.3) is 0 Å². The number of ether oxygens (including phenoxy) is 1. The van der Waals surface area contributed by atoms with Crippen LogP contribution in [-0.2, 0) is 32.0 Å². The number of H-pyrrole nitrogens is 1. The lowest BCUT2D eigenvalue weighted by Crippen LogP contribution is -2.48. The van der Waals surface area contributed by atoms with E-state index in [1.54, 1.807) is 11.0 Å². The van der Waals surface area contributed by atoms with Gasteiger partial charge in [-0.25, -0.2) is 0 Å². The molecule has 2 unspecified atom stereocenters. The maximum atomic E-state index is 12.9. The average Bonchev–Trinajstić information content (AvgIpc) is 3.67. The third-order valence-corrected chi connectivity index (χ3v) is 7.35. The van der Waals surface area contributed by atoms with Gasteiger partial charge in [0.05, 0.1) is 18.8 Å². The number of hydrogen-bond donors (Lipinski definition) is 1. The second-order valence-corrected chi connectivity index (χ2v) is 10.8. The third kappa shape index (κ3) is 7.95. The van der Waals surface area contributed by atoms with Gasteiger partial charge in [-0.2, -0.15) is 5.10 Å². The summed E-state index contributed by atoms with van der Waals surface area (Å²) in [6.07, 6.45) is 7.27. The van der Waals surface area contributed by atoms with E-state index in [1.165, 1.54) is 12.8 Å². The number of aromatic nitrogens is 2. The van der Waals surface area contributed by atoms with Gasteiger partial charge in [-0.15, -0.1) is 0 Å². The Labute approximate surface area is 225 Å². The Hall–Kier alpha value is -3.10. The Morgan fingerprint density at radius 3 is 2.76 bits per heavy atom. The third-order valence-electron chi connectivity index (χ3n) is 7.35. The topological polar surface area (TPSA) is 95.6 Å². The highest BCUT2D eigenvalue weighted by molar-refractivity contribution is 5.89. The minimum Gasteiger partial charge on any atom is -0.367 e. The fraction of sp³-hybridized carbons (Fsp3) is 0.533. The molecule has 1 aromatic heterocycles. The number of nitrogens with zero attached hydrogens (tertiary/aromatic N) is 3. The van der Waals surface area contributed by atoms with E-state index in [9.17, 15) is 14.4 Å². The van der Waals surface area contributed by atoms with E-state index >= 15 is 0 Å². The van der Waals surface area contributed by atoms with Crippen LogP contribution in [-0.4, -0.2) is 83.9 Å². The van der Waals surface area contributed by atoms with Crippen LogP contribution in [0.4, 0.5) is 0 Å². The highest BCUT2D eigenvalue weighted by Gasteiger charge is 2.28. The fourth-order valence-corrected chi connectivity index (χ4v) is 4.72. The maximum Gasteiger partial charge on any atom is 0.246 e. The quantitative estimate of drug-likeness (QED) is 0.407. The first-order chi connectivity index (χ1) is 18.3. The van der Waals surface area contributed by atoms with Crippen LogP contribution in [0, 0.1) is 0 Å². The van der Waals surface area contributed by atoms with Crippen molar-refractivity contribution in [3.63, 3.8) is 0 Å². The van der Waals surface area contributed by atoms with Gasteiger partial charge in [0.2, 0.25) is 5.91 Å². The van der Waals surface area contributed by atoms with Crippen LogP contribution in [0.5, 0.6) is 0 Å². The van der Waals surface area contributed by atoms with Crippen molar-refractivity contribution in [2.24, 2.45) is 0 Å². The van der Waals surface area contributed by atoms with Crippen molar-refractivity contribution in [3.8, 4) is 0 Å². The van der Waals surface area contributed by atoms with Crippen LogP contribution >= 0.6 is 0 Å². The van der Waals surface area contributed by atoms with Crippen molar-refractivity contribution in [1.82, 2.24) is 20.0 Å². The predicted molar refractivity (Wildman–Crippen MR) is 146 cm³/mol. The molecule has 2 aromatic rings. The van der Waals surface area contributed by atoms with Crippen molar-refractivity contribution in [1.29, 1.82) is 0 Å². The Kier molecular flexibility index (Phi) is 9.63. The summed E-state index contributed by atoms with van der Waals surface area (Å²) in [6, 6.07) is 10.1. The molecular weight excluding hydrogens is 480 g/mol. The summed E-state index contributed by atoms with van der Waals surface area (Å²) in [7, 11) is 3.89. The first-order valence-electron chi connectivity index (χ1n) is 13.7. The summed E-state index contributed by atoms with van der Waals surface area (Å²) in [5.74, 6) is 0.499. The van der Waals surface area contributed by atoms with E-state index in [-0.39, 0.29) is 29.9 Å². The molecule has 0 bridgehead atoms. The van der Waals surface area contributed by atoms with Crippen molar-refractivity contribution in [2.75, 3.05) is 40.3 Å². The molecule has 1 aliphatic heterocycles. The monoisotopic (exact) mass is 520 g/mol. The number of amides is 1. The van der Waals surface area contributed by atoms with E-state index in [0.717, 1.165) is 22.5 Å². The molecule has 8 nitrogen and oxygen atoms in total. The number of ketones is 2. The number of nitrogens with one attached hydrogen (secondary N) is 1. The minimum absolute atomic E-state index is 0.000534. The number of carbonyl (C=O) groups excluding carboxylic acids is 3. The minimum atomic E-state index is -0.596. The molecule has 2 atom stereocenters. The van der Waals surface area contributed by atoms with Crippen LogP contribution < -0.4 is 0 Å². The van der Waals surface area contributed by atoms with Crippen LogP contribution in [0.2, 0.25) is 0 Å². The molecule has 2 fully saturated rings. The summed E-state index contributed by atoms with van der Waals surface area (Å²) in [5, 5.41) is 7.45. The normalized spacial score (nSPS) is 18.7. The van der Waals surface area contributed by atoms with E-state index in [0.29, 0.717) is 51.3 Å². The summed E-state index contributed by atoms with van der Waals surface area (Å²) in [4.78, 5) is 41.9. The second kappa shape index (κ2) is 13.1. The highest BCUT2D eigenvalue weighted by Crippen LogP contribution is 2.39. The lowest BCUT2D eigenvalue weighted by atomic mass is 9.91. The van der Waals surface area contributed by atoms with Crippen molar-refractivity contribution in [3.05, 3.63) is 65.0 Å². The molecule has 4 rings (SSSR count). The number of Topliss-reactive ketones (excluding diaryl/α,β-unsaturated/α-hetero) is 2. The highest BCUT2D eigenvalue weighted by atomic mass is 16.5. The molecular formula is C30H40N4O4. The molecule has 1 amide bonds. The molecule has 1 N–H and O–H groups in total. The molecule has 1 saturated carbocycles. The van der Waals surface area contributed by atoms with Crippen LogP contribution in [0.15, 0.2) is 42.5 Å². The standard InChI is InChI=1S/C30H40N4O4/c1-21(27(35)14-12-25-19-26(32-31-25)23-10-11-23)24-7-4-6-22(18-24)9-13-28(36)29-20-34(16-17-38-29)30(37)8-5-15-33(2)3/h4-8,18-19,21,23,29H,9-17,20H2,1-3H3,(H,31,32)/b8-5+. The smallest absolute Gasteiger partial charge is 0.246 e. The zero-order valence-electron chi connectivity index (χ0n) is 22.8. The van der Waals surface area contributed by atoms with Crippen molar-refractivity contribution in [2.45, 2.75) is 63.4 Å². The zero-order chi connectivity index (χ0) is 27.1. The first kappa shape index (κ1) is 27.9. The number of likely N-dealkylation sites (N-methyl/N-ethyl adjacent to an activating group) is 1. The van der Waals surface area contributed by atoms with Gasteiger partial charge >= 0.3 is 0 Å². The number of aromatic amines is 1. The number of carbonyl (C=O) groups is 3. The predicted octanol–water partition coefficient (Wildman–Crippen LogP) is 3.44. The van der Waals surface area contributed by atoms with Gasteiger partial charge in [0.1, 0.15) is 11.9 Å². The molecule has 2 heterocycles. The average molecular weight is 521 g/mol. The van der Waals surface area contributed by atoms with E-state index in [4.69, 9.17) is 4.74 Å². The maximum absolute atomic E-state index is 12.9. The van der Waals surface area contributed by atoms with Crippen LogP contribution in [0.1, 0.15) is 67.0 Å². The Morgan fingerprint density at radius 2 is 2.00 bits per heavy atom. The van der Waals surface area contributed by atoms with Gasteiger partial charge in [-0.3, -0.25) is 19.5 Å². The van der Waals surface area contributed by atoms with Gasteiger partial charge in [-0.05, 0) is 57.0 Å². The van der Waals surface area contributed by atoms with Gasteiger partial charge in [0, 0.05) is 49.5 Å². The van der Waals surface area contributed by atoms with E-state index in [2.05, 4.69) is 16.3 Å². The molecule has 0 spiro atoms. The molecule has 38 heavy (non-hydrogen) atoms. The second-order valence-electron chi connectivity index (χ2n) is 10.8. The molecule has 8 heteroatoms. The Bertz CT molecular complexity index is 1150. The number of benzene rings is 1. The largest absolute Gasteiger partial charge is 0.367 e. The van der Waals surface area contributed by atoms with E-state index < -0.39 is 6.10 Å². The van der Waals surface area contributed by atoms with Gasteiger partial charge in [0.25, 0.3) is 0 Å². The molecule has 0 radical (unpaired) electrons. The number of rotatable bonds is 13. The molecule has 1 saturated heterocycles. The Balaban J connectivity index is 1.24. The number of morpholine rings is 1. The van der Waals surface area contributed by atoms with E-state index in [1.807, 2.05) is 56.3 Å². The zero-order valence-corrected chi connectivity index (χ0v) is 22.8. The lowest BCUT2D eigenvalue weighted by molar-refractivity contribution is -0.143. The summed E-state index contributed by atoms with van der Waals surface area (Å²) in [6.45, 7) is 3.77. The molecule has 204 valence electrons. The molecule has 2 aliphatic rings. The SMILES string of the molecule is CC(C(=O)CCc1cc(C2CC2)n[nH]1)c1cccc(CCC(=O)C2CN(C(=O)/C=C/CN(C)C)CCO2)c1. The molecule has 1 aliphatic carbocycles. The lowest BCUT2D eigenvalue weighted by Gasteiger charge is -2.31. The summed E-state index contributed by atoms with van der Waals surface area (Å²) >= 11 is 0. The van der Waals surface area contributed by atoms with Crippen LogP contribution in [0.3, 0.4) is 0 Å². The first-order valence-corrected chi connectivity index (χ1v) is 13.7. The van der Waals surface area contributed by atoms with Crippen molar-refractivity contribution < 1.29 is 19.1 Å². The number of aryl methyl sites for hydroxylation is 2. The molecule has 1 aromatic carbocycles. The Morgan fingerprint density at radius 1 is 1.18 bits per heavy atom. The fourth-order valence-electron chi connectivity index (χ4n) is 4.72. The summed E-state index contributed by atoms with van der Waals surface area (Å²) in [5.41, 5.74) is 4.14. The van der Waals surface area contributed by atoms with Gasteiger partial charge in [-0.1, -0.05) is 37.3 Å². The summed E-state index contributed by atoms with van der Waals surface area (Å²) < 4.78 is 5.70. The van der Waals surface area contributed by atoms with Crippen molar-refractivity contribution >= 4 is 17.5 Å². The van der Waals surface area contributed by atoms with Gasteiger partial charge in [0.15, 0.2) is 5.78 Å². The number of hydrogen-bond acceptors (Lipinski definition) is 6. The van der Waals surface area contributed by atoms with Gasteiger partial charge < -0.3 is 14.5 Å².